The second-order valence-corrected chi connectivity index (χ2v) is 5.69. The van der Waals surface area contributed by atoms with Crippen LogP contribution in [0.4, 0.5) is 5.69 Å². The van der Waals surface area contributed by atoms with Gasteiger partial charge >= 0.3 is 0 Å². The van der Waals surface area contributed by atoms with Crippen LogP contribution in [0.25, 0.3) is 12.2 Å². The summed E-state index contributed by atoms with van der Waals surface area (Å²) in [7, 11) is 0. The summed E-state index contributed by atoms with van der Waals surface area (Å²) in [4.78, 5) is 10.8. The van der Waals surface area contributed by atoms with E-state index in [0.717, 1.165) is 5.57 Å². The van der Waals surface area contributed by atoms with E-state index in [4.69, 9.17) is 0 Å². The minimum atomic E-state index is -0.215. The number of aromatic hydroxyl groups is 3. The molecule has 2 aromatic carbocycles. The first-order chi connectivity index (χ1) is 11.4. The molecule has 0 fully saturated rings. The Morgan fingerprint density at radius 2 is 1.75 bits per heavy atom. The Kier molecular flexibility index (Phi) is 5.37. The predicted octanol–water partition coefficient (Wildman–Crippen LogP) is 4.88. The third-order valence-electron chi connectivity index (χ3n) is 3.52. The minimum Gasteiger partial charge on any atom is -0.508 e. The molecular weight excluding hydrogens is 306 g/mol. The monoisotopic (exact) mass is 325 g/mol. The average molecular weight is 325 g/mol. The molecule has 0 aliphatic carbocycles. The lowest BCUT2D eigenvalue weighted by atomic mass is 10.00. The van der Waals surface area contributed by atoms with Crippen molar-refractivity contribution in [2.75, 3.05) is 0 Å². The van der Waals surface area contributed by atoms with Gasteiger partial charge in [0.2, 0.25) is 0 Å². The van der Waals surface area contributed by atoms with Gasteiger partial charge in [0.1, 0.15) is 11.4 Å². The van der Waals surface area contributed by atoms with Crippen LogP contribution in [0, 0.1) is 4.91 Å². The highest BCUT2D eigenvalue weighted by atomic mass is 16.3. The summed E-state index contributed by atoms with van der Waals surface area (Å²) in [6, 6.07) is 7.38. The second kappa shape index (κ2) is 7.46. The lowest BCUT2D eigenvalue weighted by Crippen LogP contribution is -1.89. The fourth-order valence-electron chi connectivity index (χ4n) is 2.22. The van der Waals surface area contributed by atoms with Crippen molar-refractivity contribution in [3.05, 3.63) is 63.6 Å². The summed E-state index contributed by atoms with van der Waals surface area (Å²) in [5.74, 6) is -0.396. The lowest BCUT2D eigenvalue weighted by Gasteiger charge is -2.08. The van der Waals surface area contributed by atoms with Crippen molar-refractivity contribution in [1.82, 2.24) is 0 Å². The van der Waals surface area contributed by atoms with E-state index in [-0.39, 0.29) is 22.9 Å². The summed E-state index contributed by atoms with van der Waals surface area (Å²) < 4.78 is 0. The molecule has 0 atom stereocenters. The molecule has 0 radical (unpaired) electrons. The number of nitroso groups, excluding NO2 is 1. The van der Waals surface area contributed by atoms with Crippen LogP contribution in [-0.4, -0.2) is 15.3 Å². The number of benzene rings is 2. The van der Waals surface area contributed by atoms with Crippen LogP contribution in [0.2, 0.25) is 0 Å². The average Bonchev–Trinajstić information content (AvgIpc) is 2.54. The van der Waals surface area contributed by atoms with Crippen LogP contribution >= 0.6 is 0 Å². The summed E-state index contributed by atoms with van der Waals surface area (Å²) in [6.45, 7) is 3.93. The van der Waals surface area contributed by atoms with E-state index in [1.807, 2.05) is 19.9 Å². The van der Waals surface area contributed by atoms with Gasteiger partial charge in [-0.3, -0.25) is 0 Å². The van der Waals surface area contributed by atoms with Gasteiger partial charge in [-0.25, -0.2) is 0 Å². The smallest absolute Gasteiger partial charge is 0.157 e. The molecular formula is C19H19NO4. The van der Waals surface area contributed by atoms with E-state index >= 15 is 0 Å². The second-order valence-electron chi connectivity index (χ2n) is 5.69. The molecule has 0 saturated heterocycles. The van der Waals surface area contributed by atoms with E-state index in [9.17, 15) is 20.2 Å². The summed E-state index contributed by atoms with van der Waals surface area (Å²) in [5, 5.41) is 31.9. The van der Waals surface area contributed by atoms with E-state index in [2.05, 4.69) is 5.18 Å². The molecule has 0 heterocycles. The van der Waals surface area contributed by atoms with Crippen molar-refractivity contribution >= 4 is 17.8 Å². The first-order valence-corrected chi connectivity index (χ1v) is 7.43. The highest BCUT2D eigenvalue weighted by molar-refractivity contribution is 5.75. The molecule has 3 N–H and O–H groups in total. The Bertz CT molecular complexity index is 818. The van der Waals surface area contributed by atoms with Crippen molar-refractivity contribution in [2.45, 2.75) is 20.3 Å². The zero-order chi connectivity index (χ0) is 17.7. The molecule has 0 amide bonds. The van der Waals surface area contributed by atoms with E-state index in [0.29, 0.717) is 23.1 Å². The quantitative estimate of drug-likeness (QED) is 0.316. The largest absolute Gasteiger partial charge is 0.508 e. The van der Waals surface area contributed by atoms with Crippen molar-refractivity contribution in [3.63, 3.8) is 0 Å². The Hall–Kier alpha value is -3.08. The first kappa shape index (κ1) is 17.3. The Morgan fingerprint density at radius 1 is 1.00 bits per heavy atom. The predicted molar refractivity (Wildman–Crippen MR) is 95.4 cm³/mol. The number of nitrogens with zero attached hydrogens (tertiary/aromatic N) is 1. The summed E-state index contributed by atoms with van der Waals surface area (Å²) in [6.07, 6.45) is 5.95. The summed E-state index contributed by atoms with van der Waals surface area (Å²) in [5.41, 5.74) is 3.27. The maximum absolute atomic E-state index is 10.8. The van der Waals surface area contributed by atoms with Gasteiger partial charge in [-0.2, -0.15) is 0 Å². The van der Waals surface area contributed by atoms with Crippen LogP contribution < -0.4 is 0 Å². The molecule has 0 bridgehead atoms. The lowest BCUT2D eigenvalue weighted by molar-refractivity contribution is 0.403. The molecule has 0 saturated carbocycles. The third-order valence-corrected chi connectivity index (χ3v) is 3.52. The highest BCUT2D eigenvalue weighted by Gasteiger charge is 2.08. The SMILES string of the molecule is CC(C)=CCc1c(O)cc(N=O)cc1/C=C/c1ccc(O)c(O)c1. The molecule has 0 spiro atoms. The Balaban J connectivity index is 2.44. The van der Waals surface area contributed by atoms with Gasteiger partial charge in [0.05, 0.1) is 0 Å². The Labute approximate surface area is 140 Å². The van der Waals surface area contributed by atoms with Gasteiger partial charge in [0.15, 0.2) is 11.5 Å². The van der Waals surface area contributed by atoms with Crippen LogP contribution in [0.5, 0.6) is 17.2 Å². The van der Waals surface area contributed by atoms with Crippen molar-refractivity contribution in [3.8, 4) is 17.2 Å². The van der Waals surface area contributed by atoms with Gasteiger partial charge in [0, 0.05) is 11.6 Å². The molecule has 0 aliphatic heterocycles. The molecule has 0 aliphatic rings. The van der Waals surface area contributed by atoms with Crippen LogP contribution in [0.15, 0.2) is 47.2 Å². The van der Waals surface area contributed by atoms with E-state index in [1.165, 1.54) is 18.2 Å². The molecule has 124 valence electrons. The highest BCUT2D eigenvalue weighted by Crippen LogP contribution is 2.31. The molecule has 0 unspecified atom stereocenters. The maximum Gasteiger partial charge on any atom is 0.157 e. The van der Waals surface area contributed by atoms with Crippen LogP contribution in [-0.2, 0) is 6.42 Å². The third kappa shape index (κ3) is 4.23. The number of hydrogen-bond acceptors (Lipinski definition) is 5. The zero-order valence-electron chi connectivity index (χ0n) is 13.5. The fourth-order valence-corrected chi connectivity index (χ4v) is 2.22. The maximum atomic E-state index is 10.8. The van der Waals surface area contributed by atoms with Gasteiger partial charge in [-0.1, -0.05) is 29.9 Å². The normalized spacial score (nSPS) is 10.8. The number of phenolic OH excluding ortho intramolecular Hbond substituents is 3. The van der Waals surface area contributed by atoms with E-state index < -0.39 is 0 Å². The molecule has 2 rings (SSSR count). The molecule has 5 heteroatoms. The standard InChI is InChI=1S/C19H19NO4/c1-12(2)3-7-16-14(10-15(20-24)11-18(16)22)6-4-13-5-8-17(21)19(23)9-13/h3-6,8-11,21-23H,7H2,1-2H3/b6-4+. The fraction of sp³-hybridized carbons (Fsp3) is 0.158. The topological polar surface area (TPSA) is 90.1 Å². The first-order valence-electron chi connectivity index (χ1n) is 7.43. The number of phenols is 3. The van der Waals surface area contributed by atoms with Gasteiger partial charge in [-0.05, 0) is 54.8 Å². The van der Waals surface area contributed by atoms with Crippen LogP contribution in [0.1, 0.15) is 30.5 Å². The minimum absolute atomic E-state index is 0.0119. The van der Waals surface area contributed by atoms with E-state index in [1.54, 1.807) is 24.3 Å². The Morgan fingerprint density at radius 3 is 2.38 bits per heavy atom. The molecule has 0 aromatic heterocycles. The van der Waals surface area contributed by atoms with Gasteiger partial charge in [0.25, 0.3) is 0 Å². The molecule has 24 heavy (non-hydrogen) atoms. The van der Waals surface area contributed by atoms with Crippen molar-refractivity contribution in [2.24, 2.45) is 5.18 Å². The van der Waals surface area contributed by atoms with Crippen LogP contribution in [0.3, 0.4) is 0 Å². The van der Waals surface area contributed by atoms with Gasteiger partial charge in [-0.15, -0.1) is 4.91 Å². The number of rotatable bonds is 5. The molecule has 2 aromatic rings. The van der Waals surface area contributed by atoms with Crippen molar-refractivity contribution in [1.29, 1.82) is 0 Å². The molecule has 5 nitrogen and oxygen atoms in total. The zero-order valence-corrected chi connectivity index (χ0v) is 13.5. The van der Waals surface area contributed by atoms with Crippen molar-refractivity contribution < 1.29 is 15.3 Å². The number of allylic oxidation sites excluding steroid dienone is 2. The summed E-state index contributed by atoms with van der Waals surface area (Å²) >= 11 is 0. The van der Waals surface area contributed by atoms with Gasteiger partial charge < -0.3 is 15.3 Å². The number of hydrogen-bond donors (Lipinski definition) is 3.